The summed E-state index contributed by atoms with van der Waals surface area (Å²) in [6.45, 7) is 7.58. The molecule has 0 saturated carbocycles. The first-order valence-electron chi connectivity index (χ1n) is 6.05. The van der Waals surface area contributed by atoms with E-state index in [9.17, 15) is 9.18 Å². The number of hydrogen-bond acceptors (Lipinski definition) is 3. The Kier molecular flexibility index (Phi) is 6.45. The molecule has 0 aromatic heterocycles. The predicted octanol–water partition coefficient (Wildman–Crippen LogP) is 2.32. The lowest BCUT2D eigenvalue weighted by molar-refractivity contribution is 0.0216. The lowest BCUT2D eigenvalue weighted by Crippen LogP contribution is -2.39. The molecule has 102 valence electrons. The molecule has 0 bridgehead atoms. The van der Waals surface area contributed by atoms with Crippen LogP contribution in [0.2, 0.25) is 0 Å². The SMILES string of the molecule is CCC1C[C@H](F)CN1C(=O)OC(C)(C)C.CN. The Labute approximate surface area is 103 Å². The summed E-state index contributed by atoms with van der Waals surface area (Å²) < 4.78 is 18.4. The maximum Gasteiger partial charge on any atom is 0.410 e. The Bertz CT molecular complexity index is 241. The summed E-state index contributed by atoms with van der Waals surface area (Å²) in [6, 6.07) is -0.00477. The minimum Gasteiger partial charge on any atom is -0.444 e. The van der Waals surface area contributed by atoms with Gasteiger partial charge in [0, 0.05) is 12.5 Å². The fourth-order valence-electron chi connectivity index (χ4n) is 1.79. The quantitative estimate of drug-likeness (QED) is 0.774. The molecule has 1 rings (SSSR count). The molecule has 0 spiro atoms. The van der Waals surface area contributed by atoms with Gasteiger partial charge in [0.25, 0.3) is 0 Å². The molecule has 0 aliphatic carbocycles. The molecule has 1 aliphatic heterocycles. The van der Waals surface area contributed by atoms with Crippen molar-refractivity contribution < 1.29 is 13.9 Å². The zero-order valence-corrected chi connectivity index (χ0v) is 11.5. The maximum atomic E-state index is 13.2. The third-order valence-electron chi connectivity index (χ3n) is 2.46. The standard InChI is InChI=1S/C11H20FNO2.CH5N/c1-5-9-6-8(12)7-13(9)10(14)15-11(2,3)4;1-2/h8-9H,5-7H2,1-4H3;2H2,1H3/t8-,9?;/m0./s1. The van der Waals surface area contributed by atoms with Crippen molar-refractivity contribution in [3.05, 3.63) is 0 Å². The van der Waals surface area contributed by atoms with E-state index >= 15 is 0 Å². The van der Waals surface area contributed by atoms with Crippen molar-refractivity contribution >= 4 is 6.09 Å². The van der Waals surface area contributed by atoms with Gasteiger partial charge in [-0.3, -0.25) is 0 Å². The maximum absolute atomic E-state index is 13.2. The number of nitrogens with two attached hydrogens (primary N) is 1. The van der Waals surface area contributed by atoms with E-state index in [0.717, 1.165) is 6.42 Å². The number of halogens is 1. The van der Waals surface area contributed by atoms with Gasteiger partial charge in [-0.25, -0.2) is 9.18 Å². The molecule has 2 atom stereocenters. The molecule has 0 radical (unpaired) electrons. The number of nitrogens with zero attached hydrogens (tertiary/aromatic N) is 1. The van der Waals surface area contributed by atoms with Crippen molar-refractivity contribution in [2.24, 2.45) is 5.73 Å². The topological polar surface area (TPSA) is 55.6 Å². The average Bonchev–Trinajstić information content (AvgIpc) is 2.60. The monoisotopic (exact) mass is 248 g/mol. The largest absolute Gasteiger partial charge is 0.444 e. The molecule has 1 saturated heterocycles. The minimum absolute atomic E-state index is 0.00477. The van der Waals surface area contributed by atoms with Crippen molar-refractivity contribution in [1.29, 1.82) is 0 Å². The molecule has 5 heteroatoms. The van der Waals surface area contributed by atoms with Gasteiger partial charge in [-0.05, 0) is 34.2 Å². The van der Waals surface area contributed by atoms with Crippen LogP contribution in [0.25, 0.3) is 0 Å². The number of amides is 1. The van der Waals surface area contributed by atoms with Crippen molar-refractivity contribution in [1.82, 2.24) is 4.90 Å². The van der Waals surface area contributed by atoms with E-state index < -0.39 is 17.9 Å². The number of likely N-dealkylation sites (tertiary alicyclic amines) is 1. The first-order valence-corrected chi connectivity index (χ1v) is 6.05. The van der Waals surface area contributed by atoms with Gasteiger partial charge in [-0.1, -0.05) is 6.92 Å². The second-order valence-corrected chi connectivity index (χ2v) is 5.03. The molecule has 1 aliphatic rings. The number of carbonyl (C=O) groups is 1. The van der Waals surface area contributed by atoms with E-state index in [1.807, 2.05) is 27.7 Å². The first-order chi connectivity index (χ1) is 7.83. The summed E-state index contributed by atoms with van der Waals surface area (Å²) in [6.07, 6.45) is -0.0768. The Morgan fingerprint density at radius 3 is 2.41 bits per heavy atom. The van der Waals surface area contributed by atoms with Gasteiger partial charge in [-0.2, -0.15) is 0 Å². The Morgan fingerprint density at radius 2 is 2.00 bits per heavy atom. The van der Waals surface area contributed by atoms with E-state index in [1.54, 1.807) is 0 Å². The fourth-order valence-corrected chi connectivity index (χ4v) is 1.79. The predicted molar refractivity (Wildman–Crippen MR) is 66.6 cm³/mol. The second-order valence-electron chi connectivity index (χ2n) is 5.03. The van der Waals surface area contributed by atoms with Crippen molar-refractivity contribution in [2.75, 3.05) is 13.6 Å². The highest BCUT2D eigenvalue weighted by atomic mass is 19.1. The van der Waals surface area contributed by atoms with Crippen LogP contribution in [-0.4, -0.2) is 42.4 Å². The van der Waals surface area contributed by atoms with Crippen molar-refractivity contribution in [3.63, 3.8) is 0 Å². The smallest absolute Gasteiger partial charge is 0.410 e. The Morgan fingerprint density at radius 1 is 1.47 bits per heavy atom. The van der Waals surface area contributed by atoms with Crippen molar-refractivity contribution in [3.8, 4) is 0 Å². The number of hydrogen-bond donors (Lipinski definition) is 1. The van der Waals surface area contributed by atoms with E-state index in [4.69, 9.17) is 4.74 Å². The summed E-state index contributed by atoms with van der Waals surface area (Å²) in [7, 11) is 1.50. The second kappa shape index (κ2) is 6.79. The van der Waals surface area contributed by atoms with Crippen LogP contribution in [0.5, 0.6) is 0 Å². The minimum atomic E-state index is -0.900. The molecule has 1 heterocycles. The van der Waals surface area contributed by atoms with Crippen LogP contribution in [0.4, 0.5) is 9.18 Å². The Balaban J connectivity index is 0.00000121. The average molecular weight is 248 g/mol. The first kappa shape index (κ1) is 16.2. The lowest BCUT2D eigenvalue weighted by atomic mass is 10.1. The van der Waals surface area contributed by atoms with Gasteiger partial charge < -0.3 is 15.4 Å². The summed E-state index contributed by atoms with van der Waals surface area (Å²) in [5, 5.41) is 0. The summed E-state index contributed by atoms with van der Waals surface area (Å²) >= 11 is 0. The van der Waals surface area contributed by atoms with E-state index in [-0.39, 0.29) is 12.6 Å². The normalized spacial score (nSPS) is 24.1. The molecule has 1 fully saturated rings. The van der Waals surface area contributed by atoms with Gasteiger partial charge in [0.05, 0.1) is 6.54 Å². The van der Waals surface area contributed by atoms with Crippen LogP contribution in [-0.2, 0) is 4.74 Å². The third kappa shape index (κ3) is 5.35. The number of carbonyl (C=O) groups excluding carboxylic acids is 1. The van der Waals surface area contributed by atoms with Gasteiger partial charge in [0.2, 0.25) is 0 Å². The number of rotatable bonds is 1. The fraction of sp³-hybridized carbons (Fsp3) is 0.917. The molecule has 0 aromatic rings. The zero-order chi connectivity index (χ0) is 13.6. The Hall–Kier alpha value is -0.840. The summed E-state index contributed by atoms with van der Waals surface area (Å²) in [4.78, 5) is 13.2. The third-order valence-corrected chi connectivity index (χ3v) is 2.46. The molecule has 1 amide bonds. The summed E-state index contributed by atoms with van der Waals surface area (Å²) in [5.41, 5.74) is 3.99. The zero-order valence-electron chi connectivity index (χ0n) is 11.5. The van der Waals surface area contributed by atoms with Crippen molar-refractivity contribution in [2.45, 2.75) is 58.4 Å². The lowest BCUT2D eigenvalue weighted by Gasteiger charge is -2.27. The van der Waals surface area contributed by atoms with Crippen LogP contribution in [0, 0.1) is 0 Å². The highest BCUT2D eigenvalue weighted by Crippen LogP contribution is 2.24. The van der Waals surface area contributed by atoms with Crippen LogP contribution in [0.15, 0.2) is 0 Å². The molecule has 4 nitrogen and oxygen atoms in total. The van der Waals surface area contributed by atoms with Gasteiger partial charge in [0.1, 0.15) is 11.8 Å². The molecule has 0 aromatic carbocycles. The molecular weight excluding hydrogens is 223 g/mol. The number of ether oxygens (including phenoxy) is 1. The number of alkyl halides is 1. The van der Waals surface area contributed by atoms with Crippen LogP contribution in [0.1, 0.15) is 40.5 Å². The van der Waals surface area contributed by atoms with Crippen LogP contribution < -0.4 is 5.73 Å². The van der Waals surface area contributed by atoms with E-state index in [0.29, 0.717) is 6.42 Å². The highest BCUT2D eigenvalue weighted by Gasteiger charge is 2.36. The molecule has 1 unspecified atom stereocenters. The van der Waals surface area contributed by atoms with Gasteiger partial charge in [0.15, 0.2) is 0 Å². The molecular formula is C12H25FN2O2. The van der Waals surface area contributed by atoms with Gasteiger partial charge in [-0.15, -0.1) is 0 Å². The highest BCUT2D eigenvalue weighted by molar-refractivity contribution is 5.69. The van der Waals surface area contributed by atoms with E-state index in [1.165, 1.54) is 11.9 Å². The molecule has 2 N–H and O–H groups in total. The molecule has 17 heavy (non-hydrogen) atoms. The van der Waals surface area contributed by atoms with Crippen LogP contribution in [0.3, 0.4) is 0 Å². The van der Waals surface area contributed by atoms with Crippen LogP contribution >= 0.6 is 0 Å². The summed E-state index contributed by atoms with van der Waals surface area (Å²) in [5.74, 6) is 0. The van der Waals surface area contributed by atoms with Gasteiger partial charge >= 0.3 is 6.09 Å². The van der Waals surface area contributed by atoms with E-state index in [2.05, 4.69) is 5.73 Å².